The van der Waals surface area contributed by atoms with Crippen LogP contribution in [-0.2, 0) is 9.59 Å². The van der Waals surface area contributed by atoms with E-state index in [0.29, 0.717) is 5.56 Å². The van der Waals surface area contributed by atoms with Crippen LogP contribution >= 0.6 is 0 Å². The summed E-state index contributed by atoms with van der Waals surface area (Å²) < 4.78 is 0. The predicted octanol–water partition coefficient (Wildman–Crippen LogP) is 0.905. The van der Waals surface area contributed by atoms with Crippen molar-refractivity contribution >= 4 is 17.7 Å². The average Bonchev–Trinajstić information content (AvgIpc) is 2.32. The van der Waals surface area contributed by atoms with Gasteiger partial charge in [0.2, 0.25) is 5.91 Å². The number of carboxylic acid groups (broad SMARTS) is 1. The van der Waals surface area contributed by atoms with Gasteiger partial charge in [-0.1, -0.05) is 12.1 Å². The number of ketones is 1. The molecule has 1 aliphatic heterocycles. The first-order chi connectivity index (χ1) is 8.08. The lowest BCUT2D eigenvalue weighted by molar-refractivity contribution is -0.132. The third-order valence-electron chi connectivity index (χ3n) is 2.72. The quantitative estimate of drug-likeness (QED) is 0.795. The minimum Gasteiger partial charge on any atom is -0.478 e. The fourth-order valence-electron chi connectivity index (χ4n) is 1.78. The predicted molar refractivity (Wildman–Crippen MR) is 58.5 cm³/mol. The van der Waals surface area contributed by atoms with Gasteiger partial charge in [0.05, 0.1) is 5.56 Å². The fourth-order valence-corrected chi connectivity index (χ4v) is 1.78. The molecule has 1 saturated heterocycles. The molecule has 5 heteroatoms. The van der Waals surface area contributed by atoms with Crippen LogP contribution in [-0.4, -0.2) is 22.8 Å². The Labute approximate surface area is 97.4 Å². The van der Waals surface area contributed by atoms with Crippen molar-refractivity contribution in [3.05, 3.63) is 35.4 Å². The number of piperidine rings is 1. The van der Waals surface area contributed by atoms with Gasteiger partial charge in [-0.25, -0.2) is 4.79 Å². The van der Waals surface area contributed by atoms with E-state index in [4.69, 9.17) is 5.11 Å². The number of hydrogen-bond donors (Lipinski definition) is 2. The monoisotopic (exact) mass is 233 g/mol. The number of carboxylic acids is 1. The Morgan fingerprint density at radius 1 is 1.18 bits per heavy atom. The van der Waals surface area contributed by atoms with Crippen LogP contribution in [0.2, 0.25) is 0 Å². The van der Waals surface area contributed by atoms with E-state index in [-0.39, 0.29) is 30.1 Å². The SMILES string of the molecule is O=C1CCC(=O)C(c2ccc(C(=O)O)cc2)N1. The van der Waals surface area contributed by atoms with E-state index >= 15 is 0 Å². The summed E-state index contributed by atoms with van der Waals surface area (Å²) in [5.74, 6) is -1.22. The molecule has 0 bridgehead atoms. The second kappa shape index (κ2) is 4.37. The van der Waals surface area contributed by atoms with E-state index in [9.17, 15) is 14.4 Å². The molecule has 0 aliphatic carbocycles. The minimum atomic E-state index is -1.02. The highest BCUT2D eigenvalue weighted by Crippen LogP contribution is 2.20. The Hall–Kier alpha value is -2.17. The van der Waals surface area contributed by atoms with Crippen molar-refractivity contribution in [2.24, 2.45) is 0 Å². The molecule has 1 atom stereocenters. The summed E-state index contributed by atoms with van der Waals surface area (Å²) in [5, 5.41) is 11.3. The zero-order valence-corrected chi connectivity index (χ0v) is 8.97. The third-order valence-corrected chi connectivity index (χ3v) is 2.72. The molecule has 1 aromatic rings. The maximum atomic E-state index is 11.6. The number of Topliss-reactive ketones (excluding diaryl/α,β-unsaturated/α-hetero) is 1. The van der Waals surface area contributed by atoms with Gasteiger partial charge in [0.1, 0.15) is 6.04 Å². The number of hydrogen-bond acceptors (Lipinski definition) is 3. The number of carbonyl (C=O) groups is 3. The lowest BCUT2D eigenvalue weighted by atomic mass is 9.95. The second-order valence-corrected chi connectivity index (χ2v) is 3.89. The van der Waals surface area contributed by atoms with Gasteiger partial charge in [-0.3, -0.25) is 9.59 Å². The summed E-state index contributed by atoms with van der Waals surface area (Å²) in [7, 11) is 0. The number of nitrogens with one attached hydrogen (secondary N) is 1. The molecule has 1 unspecified atom stereocenters. The molecule has 1 fully saturated rings. The number of benzene rings is 1. The Morgan fingerprint density at radius 3 is 2.41 bits per heavy atom. The van der Waals surface area contributed by atoms with Gasteiger partial charge < -0.3 is 10.4 Å². The molecular weight excluding hydrogens is 222 g/mol. The summed E-state index contributed by atoms with van der Waals surface area (Å²) in [5.41, 5.74) is 0.774. The number of amides is 1. The first-order valence-corrected chi connectivity index (χ1v) is 5.23. The van der Waals surface area contributed by atoms with E-state index in [0.717, 1.165) is 0 Å². The average molecular weight is 233 g/mol. The van der Waals surface area contributed by atoms with Crippen LogP contribution in [0.15, 0.2) is 24.3 Å². The maximum absolute atomic E-state index is 11.6. The van der Waals surface area contributed by atoms with Gasteiger partial charge in [0.15, 0.2) is 5.78 Å². The van der Waals surface area contributed by atoms with Gasteiger partial charge in [-0.05, 0) is 17.7 Å². The fraction of sp³-hybridized carbons (Fsp3) is 0.250. The largest absolute Gasteiger partial charge is 0.478 e. The van der Waals surface area contributed by atoms with Crippen LogP contribution in [0.4, 0.5) is 0 Å². The van der Waals surface area contributed by atoms with E-state index < -0.39 is 12.0 Å². The van der Waals surface area contributed by atoms with Gasteiger partial charge in [0.25, 0.3) is 0 Å². The van der Waals surface area contributed by atoms with Crippen molar-refractivity contribution in [2.75, 3.05) is 0 Å². The number of rotatable bonds is 2. The molecule has 88 valence electrons. The van der Waals surface area contributed by atoms with Crippen molar-refractivity contribution < 1.29 is 19.5 Å². The summed E-state index contributed by atoms with van der Waals surface area (Å²) in [6, 6.07) is 5.31. The summed E-state index contributed by atoms with van der Waals surface area (Å²) in [4.78, 5) is 33.5. The van der Waals surface area contributed by atoms with E-state index in [2.05, 4.69) is 5.32 Å². The normalized spacial score (nSPS) is 19.9. The smallest absolute Gasteiger partial charge is 0.335 e. The molecule has 1 heterocycles. The van der Waals surface area contributed by atoms with Crippen molar-refractivity contribution in [3.63, 3.8) is 0 Å². The molecule has 5 nitrogen and oxygen atoms in total. The lowest BCUT2D eigenvalue weighted by Gasteiger charge is -2.22. The van der Waals surface area contributed by atoms with Crippen molar-refractivity contribution in [1.29, 1.82) is 0 Å². The Kier molecular flexibility index (Phi) is 2.91. The van der Waals surface area contributed by atoms with Crippen LogP contribution in [0.1, 0.15) is 34.8 Å². The molecule has 0 spiro atoms. The van der Waals surface area contributed by atoms with Crippen LogP contribution in [0.25, 0.3) is 0 Å². The van der Waals surface area contributed by atoms with E-state index in [1.54, 1.807) is 12.1 Å². The topological polar surface area (TPSA) is 83.5 Å². The zero-order valence-electron chi connectivity index (χ0n) is 8.97. The van der Waals surface area contributed by atoms with Gasteiger partial charge >= 0.3 is 5.97 Å². The maximum Gasteiger partial charge on any atom is 0.335 e. The molecule has 17 heavy (non-hydrogen) atoms. The van der Waals surface area contributed by atoms with E-state index in [1.807, 2.05) is 0 Å². The Balaban J connectivity index is 2.24. The summed E-state index contributed by atoms with van der Waals surface area (Å²) in [6.07, 6.45) is 0.458. The van der Waals surface area contributed by atoms with Crippen LogP contribution < -0.4 is 5.32 Å². The molecule has 2 N–H and O–H groups in total. The van der Waals surface area contributed by atoms with Crippen molar-refractivity contribution in [2.45, 2.75) is 18.9 Å². The molecule has 0 aromatic heterocycles. The molecule has 1 aliphatic rings. The summed E-state index contributed by atoms with van der Waals surface area (Å²) >= 11 is 0. The minimum absolute atomic E-state index is 0.0484. The van der Waals surface area contributed by atoms with Gasteiger partial charge in [-0.15, -0.1) is 0 Å². The van der Waals surface area contributed by atoms with Crippen molar-refractivity contribution in [3.8, 4) is 0 Å². The first kappa shape index (κ1) is 11.3. The third kappa shape index (κ3) is 2.33. The van der Waals surface area contributed by atoms with Crippen LogP contribution in [0.3, 0.4) is 0 Å². The highest BCUT2D eigenvalue weighted by atomic mass is 16.4. The first-order valence-electron chi connectivity index (χ1n) is 5.23. The molecule has 2 rings (SSSR count). The van der Waals surface area contributed by atoms with Gasteiger partial charge in [-0.2, -0.15) is 0 Å². The number of aromatic carboxylic acids is 1. The standard InChI is InChI=1S/C12H11NO4/c14-9-5-6-10(15)13-11(9)7-1-3-8(4-2-7)12(16)17/h1-4,11H,5-6H2,(H,13,15)(H,16,17). The Morgan fingerprint density at radius 2 is 1.82 bits per heavy atom. The molecule has 1 aromatic carbocycles. The molecular formula is C12H11NO4. The Bertz CT molecular complexity index is 478. The highest BCUT2D eigenvalue weighted by Gasteiger charge is 2.27. The van der Waals surface area contributed by atoms with Gasteiger partial charge in [0, 0.05) is 12.8 Å². The van der Waals surface area contributed by atoms with Crippen LogP contribution in [0, 0.1) is 0 Å². The zero-order chi connectivity index (χ0) is 12.4. The molecule has 1 amide bonds. The van der Waals surface area contributed by atoms with E-state index in [1.165, 1.54) is 12.1 Å². The molecule has 0 radical (unpaired) electrons. The number of carbonyl (C=O) groups excluding carboxylic acids is 2. The highest BCUT2D eigenvalue weighted by molar-refractivity contribution is 5.96. The lowest BCUT2D eigenvalue weighted by Crippen LogP contribution is -2.38. The second-order valence-electron chi connectivity index (χ2n) is 3.89. The van der Waals surface area contributed by atoms with Crippen molar-refractivity contribution in [1.82, 2.24) is 5.32 Å². The van der Waals surface area contributed by atoms with Crippen LogP contribution in [0.5, 0.6) is 0 Å². The summed E-state index contributed by atoms with van der Waals surface area (Å²) in [6.45, 7) is 0. The molecule has 0 saturated carbocycles.